The molecule has 1 fully saturated rings. The zero-order valence-corrected chi connectivity index (χ0v) is 10.7. The number of amides is 1. The molecule has 0 aromatic carbocycles. The van der Waals surface area contributed by atoms with E-state index in [4.69, 9.17) is 0 Å². The van der Waals surface area contributed by atoms with Gasteiger partial charge in [0.1, 0.15) is 5.69 Å². The summed E-state index contributed by atoms with van der Waals surface area (Å²) in [6.07, 6.45) is 6.71. The molecule has 1 aromatic heterocycles. The number of nitrogens with one attached hydrogen (secondary N) is 1. The second kappa shape index (κ2) is 5.43. The first kappa shape index (κ1) is 11.6. The van der Waals surface area contributed by atoms with Gasteiger partial charge in [0, 0.05) is 17.2 Å². The number of carbonyl (C=O) groups excluding carboxylic acids is 1. The first-order valence-corrected chi connectivity index (χ1v) is 6.45. The predicted molar refractivity (Wildman–Crippen MR) is 66.2 cm³/mol. The Morgan fingerprint density at radius 1 is 1.50 bits per heavy atom. The van der Waals surface area contributed by atoms with E-state index in [9.17, 15) is 4.79 Å². The van der Waals surface area contributed by atoms with Crippen molar-refractivity contribution in [2.24, 2.45) is 5.92 Å². The lowest BCUT2D eigenvalue weighted by molar-refractivity contribution is 0.0941. The van der Waals surface area contributed by atoms with Crippen molar-refractivity contribution in [2.45, 2.75) is 25.7 Å². The molecule has 0 bridgehead atoms. The van der Waals surface area contributed by atoms with Crippen LogP contribution >= 0.6 is 15.9 Å². The van der Waals surface area contributed by atoms with Gasteiger partial charge in [-0.25, -0.2) is 4.98 Å². The van der Waals surface area contributed by atoms with Gasteiger partial charge in [0.2, 0.25) is 0 Å². The van der Waals surface area contributed by atoms with Gasteiger partial charge < -0.3 is 5.32 Å². The summed E-state index contributed by atoms with van der Waals surface area (Å²) in [5.41, 5.74) is 0.473. The SMILES string of the molecule is O=C(NCC1CCCC1)c1ncccc1Br. The predicted octanol–water partition coefficient (Wildman–Crippen LogP) is 2.76. The van der Waals surface area contributed by atoms with Crippen LogP contribution < -0.4 is 5.32 Å². The van der Waals surface area contributed by atoms with Gasteiger partial charge in [-0.3, -0.25) is 4.79 Å². The van der Waals surface area contributed by atoms with Crippen LogP contribution in [-0.4, -0.2) is 17.4 Å². The van der Waals surface area contributed by atoms with Crippen LogP contribution in [0, 0.1) is 5.92 Å². The lowest BCUT2D eigenvalue weighted by atomic mass is 10.1. The number of rotatable bonds is 3. The topological polar surface area (TPSA) is 42.0 Å². The van der Waals surface area contributed by atoms with E-state index in [1.54, 1.807) is 12.3 Å². The number of hydrogen-bond acceptors (Lipinski definition) is 2. The molecule has 1 heterocycles. The van der Waals surface area contributed by atoms with Gasteiger partial charge in [-0.2, -0.15) is 0 Å². The maximum atomic E-state index is 11.8. The van der Waals surface area contributed by atoms with Crippen molar-refractivity contribution >= 4 is 21.8 Å². The number of carbonyl (C=O) groups is 1. The standard InChI is InChI=1S/C12H15BrN2O/c13-10-6-3-7-14-11(10)12(16)15-8-9-4-1-2-5-9/h3,6-7,9H,1-2,4-5,8H2,(H,15,16). The average molecular weight is 283 g/mol. The highest BCUT2D eigenvalue weighted by molar-refractivity contribution is 9.10. The van der Waals surface area contributed by atoms with E-state index in [1.165, 1.54) is 25.7 Å². The highest BCUT2D eigenvalue weighted by atomic mass is 79.9. The van der Waals surface area contributed by atoms with E-state index < -0.39 is 0 Å². The largest absolute Gasteiger partial charge is 0.350 e. The summed E-state index contributed by atoms with van der Waals surface area (Å²) in [5.74, 6) is 0.575. The van der Waals surface area contributed by atoms with Crippen molar-refractivity contribution in [3.63, 3.8) is 0 Å². The number of aromatic nitrogens is 1. The fraction of sp³-hybridized carbons (Fsp3) is 0.500. The Morgan fingerprint density at radius 3 is 2.94 bits per heavy atom. The Balaban J connectivity index is 1.90. The molecule has 2 rings (SSSR count). The van der Waals surface area contributed by atoms with E-state index in [1.807, 2.05) is 6.07 Å². The first-order valence-electron chi connectivity index (χ1n) is 5.66. The maximum absolute atomic E-state index is 11.8. The summed E-state index contributed by atoms with van der Waals surface area (Å²) in [6, 6.07) is 3.63. The van der Waals surface area contributed by atoms with Gasteiger partial charge in [0.25, 0.3) is 5.91 Å². The highest BCUT2D eigenvalue weighted by Gasteiger charge is 2.17. The molecule has 0 unspecified atom stereocenters. The molecule has 1 aliphatic rings. The summed E-state index contributed by atoms with van der Waals surface area (Å²) in [4.78, 5) is 15.9. The van der Waals surface area contributed by atoms with Gasteiger partial charge >= 0.3 is 0 Å². The zero-order valence-electron chi connectivity index (χ0n) is 9.08. The van der Waals surface area contributed by atoms with Crippen LogP contribution in [0.3, 0.4) is 0 Å². The zero-order chi connectivity index (χ0) is 11.4. The van der Waals surface area contributed by atoms with Gasteiger partial charge in [-0.1, -0.05) is 12.8 Å². The van der Waals surface area contributed by atoms with Crippen LogP contribution in [0.4, 0.5) is 0 Å². The average Bonchev–Trinajstić information content (AvgIpc) is 2.79. The Bertz CT molecular complexity index is 375. The lowest BCUT2D eigenvalue weighted by Crippen LogP contribution is -2.29. The maximum Gasteiger partial charge on any atom is 0.271 e. The van der Waals surface area contributed by atoms with Crippen molar-refractivity contribution in [3.8, 4) is 0 Å². The molecule has 0 spiro atoms. The fourth-order valence-electron chi connectivity index (χ4n) is 2.09. The molecule has 0 radical (unpaired) electrons. The Labute approximate surface area is 104 Å². The second-order valence-corrected chi connectivity index (χ2v) is 5.05. The molecule has 0 aliphatic heterocycles. The van der Waals surface area contributed by atoms with Gasteiger partial charge in [-0.15, -0.1) is 0 Å². The molecular weight excluding hydrogens is 268 g/mol. The summed E-state index contributed by atoms with van der Waals surface area (Å²) in [7, 11) is 0. The van der Waals surface area contributed by atoms with Crippen molar-refractivity contribution in [1.82, 2.24) is 10.3 Å². The van der Waals surface area contributed by atoms with Crippen LogP contribution in [0.2, 0.25) is 0 Å². The lowest BCUT2D eigenvalue weighted by Gasteiger charge is -2.10. The molecular formula is C12H15BrN2O. The van der Waals surface area contributed by atoms with Crippen molar-refractivity contribution in [3.05, 3.63) is 28.5 Å². The molecule has 1 N–H and O–H groups in total. The van der Waals surface area contributed by atoms with Crippen LogP contribution in [0.5, 0.6) is 0 Å². The van der Waals surface area contributed by atoms with E-state index >= 15 is 0 Å². The minimum atomic E-state index is -0.0839. The molecule has 1 amide bonds. The third kappa shape index (κ3) is 2.82. The third-order valence-electron chi connectivity index (χ3n) is 3.00. The van der Waals surface area contributed by atoms with Crippen LogP contribution in [0.25, 0.3) is 0 Å². The third-order valence-corrected chi connectivity index (χ3v) is 3.64. The minimum Gasteiger partial charge on any atom is -0.350 e. The fourth-order valence-corrected chi connectivity index (χ4v) is 2.52. The van der Waals surface area contributed by atoms with Crippen molar-refractivity contribution < 1.29 is 4.79 Å². The van der Waals surface area contributed by atoms with Gasteiger partial charge in [0.15, 0.2) is 0 Å². The summed E-state index contributed by atoms with van der Waals surface area (Å²) in [6.45, 7) is 0.780. The molecule has 1 saturated carbocycles. The number of pyridine rings is 1. The molecule has 3 nitrogen and oxygen atoms in total. The van der Waals surface area contributed by atoms with E-state index in [0.29, 0.717) is 11.6 Å². The minimum absolute atomic E-state index is 0.0839. The summed E-state index contributed by atoms with van der Waals surface area (Å²) in [5, 5.41) is 2.95. The summed E-state index contributed by atoms with van der Waals surface area (Å²) >= 11 is 3.33. The quantitative estimate of drug-likeness (QED) is 0.926. The number of hydrogen-bond donors (Lipinski definition) is 1. The molecule has 4 heteroatoms. The number of nitrogens with zero attached hydrogens (tertiary/aromatic N) is 1. The van der Waals surface area contributed by atoms with E-state index in [0.717, 1.165) is 11.0 Å². The second-order valence-electron chi connectivity index (χ2n) is 4.19. The van der Waals surface area contributed by atoms with Gasteiger partial charge in [0.05, 0.1) is 0 Å². The van der Waals surface area contributed by atoms with Crippen molar-refractivity contribution in [1.29, 1.82) is 0 Å². The van der Waals surface area contributed by atoms with Crippen molar-refractivity contribution in [2.75, 3.05) is 6.54 Å². The molecule has 0 saturated heterocycles. The molecule has 1 aliphatic carbocycles. The molecule has 86 valence electrons. The number of halogens is 1. The Hall–Kier alpha value is -0.900. The molecule has 1 aromatic rings. The van der Waals surface area contributed by atoms with E-state index in [2.05, 4.69) is 26.2 Å². The highest BCUT2D eigenvalue weighted by Crippen LogP contribution is 2.23. The first-order chi connectivity index (χ1) is 7.77. The van der Waals surface area contributed by atoms with Crippen LogP contribution in [0.1, 0.15) is 36.2 Å². The Morgan fingerprint density at radius 2 is 2.25 bits per heavy atom. The molecule has 16 heavy (non-hydrogen) atoms. The van der Waals surface area contributed by atoms with Crippen LogP contribution in [-0.2, 0) is 0 Å². The molecule has 0 atom stereocenters. The van der Waals surface area contributed by atoms with E-state index in [-0.39, 0.29) is 5.91 Å². The van der Waals surface area contributed by atoms with Crippen LogP contribution in [0.15, 0.2) is 22.8 Å². The summed E-state index contributed by atoms with van der Waals surface area (Å²) < 4.78 is 0.749. The monoisotopic (exact) mass is 282 g/mol. The smallest absolute Gasteiger partial charge is 0.271 e. The normalized spacial score (nSPS) is 16.3. The van der Waals surface area contributed by atoms with Gasteiger partial charge in [-0.05, 0) is 46.8 Å². The Kier molecular flexibility index (Phi) is 3.93.